The van der Waals surface area contributed by atoms with Crippen molar-refractivity contribution in [3.63, 3.8) is 0 Å². The molecular formula is C16H21ClN2O4. The fourth-order valence-electron chi connectivity index (χ4n) is 2.21. The van der Waals surface area contributed by atoms with Crippen LogP contribution >= 0.6 is 11.6 Å². The van der Waals surface area contributed by atoms with Crippen LogP contribution in [-0.2, 0) is 9.47 Å². The number of halogens is 1. The number of ether oxygens (including phenoxy) is 2. The third-order valence-corrected chi connectivity index (χ3v) is 3.64. The highest BCUT2D eigenvalue weighted by Gasteiger charge is 2.17. The maximum atomic E-state index is 11.9. The summed E-state index contributed by atoms with van der Waals surface area (Å²) >= 11 is 6.06. The molecule has 1 aromatic carbocycles. The Hall–Kier alpha value is -1.79. The van der Waals surface area contributed by atoms with Crippen molar-refractivity contribution in [2.75, 3.05) is 18.5 Å². The van der Waals surface area contributed by atoms with Crippen molar-refractivity contribution in [3.8, 4) is 0 Å². The van der Waals surface area contributed by atoms with E-state index in [-0.39, 0.29) is 12.2 Å². The predicted molar refractivity (Wildman–Crippen MR) is 88.0 cm³/mol. The number of anilines is 1. The summed E-state index contributed by atoms with van der Waals surface area (Å²) in [6.45, 7) is 4.72. The summed E-state index contributed by atoms with van der Waals surface area (Å²) in [5.41, 5.74) is 0.687. The van der Waals surface area contributed by atoms with E-state index in [9.17, 15) is 9.59 Å². The number of rotatable bonds is 5. The van der Waals surface area contributed by atoms with Crippen molar-refractivity contribution >= 4 is 29.3 Å². The van der Waals surface area contributed by atoms with Crippen LogP contribution in [0.4, 0.5) is 10.5 Å². The molecule has 2 amide bonds. The highest BCUT2D eigenvalue weighted by molar-refractivity contribution is 6.33. The van der Waals surface area contributed by atoms with Crippen LogP contribution in [0.15, 0.2) is 18.2 Å². The van der Waals surface area contributed by atoms with E-state index in [1.807, 2.05) is 0 Å². The molecule has 0 radical (unpaired) electrons. The molecule has 1 saturated heterocycles. The minimum absolute atomic E-state index is 0.0589. The average molecular weight is 341 g/mol. The lowest BCUT2D eigenvalue weighted by molar-refractivity contribution is 0.0378. The number of hydrogen-bond donors (Lipinski definition) is 2. The third-order valence-electron chi connectivity index (χ3n) is 3.31. The normalized spacial score (nSPS) is 17.1. The lowest BCUT2D eigenvalue weighted by Gasteiger charge is -2.13. The van der Waals surface area contributed by atoms with E-state index < -0.39 is 12.0 Å². The summed E-state index contributed by atoms with van der Waals surface area (Å²) in [5, 5.41) is 5.71. The minimum Gasteiger partial charge on any atom is -0.459 e. The Kier molecular flexibility index (Phi) is 6.24. The molecule has 0 aromatic heterocycles. The quantitative estimate of drug-likeness (QED) is 0.807. The van der Waals surface area contributed by atoms with Crippen LogP contribution in [0.2, 0.25) is 5.02 Å². The first-order valence-corrected chi connectivity index (χ1v) is 8.00. The predicted octanol–water partition coefficient (Wildman–Crippen LogP) is 3.21. The van der Waals surface area contributed by atoms with Crippen molar-refractivity contribution < 1.29 is 19.1 Å². The molecule has 0 aliphatic carbocycles. The molecule has 0 spiro atoms. The smallest absolute Gasteiger partial charge is 0.338 e. The van der Waals surface area contributed by atoms with Gasteiger partial charge < -0.3 is 20.1 Å². The van der Waals surface area contributed by atoms with Crippen LogP contribution < -0.4 is 10.6 Å². The van der Waals surface area contributed by atoms with E-state index >= 15 is 0 Å². The molecule has 1 aliphatic heterocycles. The molecule has 1 aliphatic rings. The number of nitrogens with one attached hydrogen (secondary N) is 2. The second kappa shape index (κ2) is 8.17. The summed E-state index contributed by atoms with van der Waals surface area (Å²) in [6, 6.07) is 4.21. The topological polar surface area (TPSA) is 76.7 Å². The fourth-order valence-corrected chi connectivity index (χ4v) is 2.37. The zero-order valence-electron chi connectivity index (χ0n) is 13.2. The van der Waals surface area contributed by atoms with E-state index in [1.165, 1.54) is 6.07 Å². The van der Waals surface area contributed by atoms with Gasteiger partial charge in [-0.05, 0) is 44.9 Å². The molecule has 6 nitrogen and oxygen atoms in total. The first-order chi connectivity index (χ1) is 11.0. The number of esters is 1. The Morgan fingerprint density at radius 2 is 2.22 bits per heavy atom. The number of carbonyl (C=O) groups excluding carboxylic acids is 2. The van der Waals surface area contributed by atoms with Crippen LogP contribution in [0.1, 0.15) is 37.0 Å². The second-order valence-electron chi connectivity index (χ2n) is 5.62. The molecule has 1 heterocycles. The summed E-state index contributed by atoms with van der Waals surface area (Å²) in [4.78, 5) is 23.8. The van der Waals surface area contributed by atoms with Crippen molar-refractivity contribution in [1.29, 1.82) is 0 Å². The lowest BCUT2D eigenvalue weighted by atomic mass is 10.2. The molecule has 1 atom stereocenters. The van der Waals surface area contributed by atoms with Gasteiger partial charge in [0.2, 0.25) is 0 Å². The summed E-state index contributed by atoms with van der Waals surface area (Å²) in [5.74, 6) is -0.459. The maximum Gasteiger partial charge on any atom is 0.338 e. The Morgan fingerprint density at radius 1 is 1.43 bits per heavy atom. The Balaban J connectivity index is 1.95. The van der Waals surface area contributed by atoms with Gasteiger partial charge in [-0.3, -0.25) is 0 Å². The first-order valence-electron chi connectivity index (χ1n) is 7.62. The van der Waals surface area contributed by atoms with E-state index in [0.717, 1.165) is 19.4 Å². The van der Waals surface area contributed by atoms with Gasteiger partial charge >= 0.3 is 12.0 Å². The van der Waals surface area contributed by atoms with Crippen molar-refractivity contribution in [3.05, 3.63) is 28.8 Å². The molecule has 1 fully saturated rings. The van der Waals surface area contributed by atoms with Crippen molar-refractivity contribution in [2.24, 2.45) is 0 Å². The standard InChI is InChI=1S/C16H21ClN2O4/c1-10(2)23-15(20)11-5-6-13(17)14(8-11)19-16(21)18-9-12-4-3-7-22-12/h5-6,8,10,12H,3-4,7,9H2,1-2H3,(H2,18,19,21)/t12-/m0/s1. The molecule has 23 heavy (non-hydrogen) atoms. The SMILES string of the molecule is CC(C)OC(=O)c1ccc(Cl)c(NC(=O)NC[C@@H]2CCCO2)c1. The van der Waals surface area contributed by atoms with Gasteiger partial charge in [0.1, 0.15) is 0 Å². The second-order valence-corrected chi connectivity index (χ2v) is 6.03. The van der Waals surface area contributed by atoms with Crippen LogP contribution in [0.3, 0.4) is 0 Å². The Labute approximate surface area is 140 Å². The van der Waals surface area contributed by atoms with Gasteiger partial charge in [0.15, 0.2) is 0 Å². The fraction of sp³-hybridized carbons (Fsp3) is 0.500. The van der Waals surface area contributed by atoms with Gasteiger partial charge in [-0.25, -0.2) is 9.59 Å². The van der Waals surface area contributed by atoms with Crippen LogP contribution in [0.5, 0.6) is 0 Å². The average Bonchev–Trinajstić information content (AvgIpc) is 3.00. The molecule has 0 bridgehead atoms. The Morgan fingerprint density at radius 3 is 2.87 bits per heavy atom. The minimum atomic E-state index is -0.459. The molecule has 2 rings (SSSR count). The largest absolute Gasteiger partial charge is 0.459 e. The van der Waals surface area contributed by atoms with Gasteiger partial charge in [0.05, 0.1) is 28.5 Å². The van der Waals surface area contributed by atoms with E-state index in [2.05, 4.69) is 10.6 Å². The number of benzene rings is 1. The number of amides is 2. The summed E-state index contributed by atoms with van der Waals surface area (Å²) < 4.78 is 10.6. The van der Waals surface area contributed by atoms with E-state index in [4.69, 9.17) is 21.1 Å². The monoisotopic (exact) mass is 340 g/mol. The summed E-state index contributed by atoms with van der Waals surface area (Å²) in [7, 11) is 0. The third kappa shape index (κ3) is 5.41. The van der Waals surface area contributed by atoms with Crippen LogP contribution in [0, 0.1) is 0 Å². The molecular weight excluding hydrogens is 320 g/mol. The molecule has 126 valence electrons. The number of urea groups is 1. The maximum absolute atomic E-state index is 11.9. The van der Waals surface area contributed by atoms with Gasteiger partial charge in [-0.1, -0.05) is 11.6 Å². The summed E-state index contributed by atoms with van der Waals surface area (Å²) in [6.07, 6.45) is 1.80. The zero-order valence-corrected chi connectivity index (χ0v) is 14.0. The van der Waals surface area contributed by atoms with Crippen molar-refractivity contribution in [1.82, 2.24) is 5.32 Å². The molecule has 0 saturated carbocycles. The van der Waals surface area contributed by atoms with Gasteiger partial charge in [0.25, 0.3) is 0 Å². The molecule has 7 heteroatoms. The lowest BCUT2D eigenvalue weighted by Crippen LogP contribution is -2.35. The van der Waals surface area contributed by atoms with E-state index in [1.54, 1.807) is 26.0 Å². The van der Waals surface area contributed by atoms with Gasteiger partial charge in [0, 0.05) is 13.2 Å². The molecule has 0 unspecified atom stereocenters. The highest BCUT2D eigenvalue weighted by atomic mass is 35.5. The Bertz CT molecular complexity index is 571. The highest BCUT2D eigenvalue weighted by Crippen LogP contribution is 2.23. The molecule has 1 aromatic rings. The van der Waals surface area contributed by atoms with Crippen molar-refractivity contribution in [2.45, 2.75) is 38.9 Å². The number of hydrogen-bond acceptors (Lipinski definition) is 4. The number of carbonyl (C=O) groups is 2. The van der Waals surface area contributed by atoms with Gasteiger partial charge in [-0.15, -0.1) is 0 Å². The molecule has 2 N–H and O–H groups in total. The van der Waals surface area contributed by atoms with Crippen LogP contribution in [0.25, 0.3) is 0 Å². The van der Waals surface area contributed by atoms with Gasteiger partial charge in [-0.2, -0.15) is 0 Å². The van der Waals surface area contributed by atoms with Crippen LogP contribution in [-0.4, -0.2) is 37.4 Å². The first kappa shape index (κ1) is 17.6. The zero-order chi connectivity index (χ0) is 16.8. The van der Waals surface area contributed by atoms with E-state index in [0.29, 0.717) is 22.8 Å².